The van der Waals surface area contributed by atoms with Crippen LogP contribution in [0.15, 0.2) is 0 Å². The number of rotatable bonds is 5. The molecule has 0 saturated carbocycles. The van der Waals surface area contributed by atoms with Gasteiger partial charge in [0.15, 0.2) is 0 Å². The minimum Gasteiger partial charge on any atom is -0.388 e. The molecule has 1 saturated heterocycles. The predicted octanol–water partition coefficient (Wildman–Crippen LogP) is 0.461. The molecule has 4 atom stereocenters. The van der Waals surface area contributed by atoms with Crippen molar-refractivity contribution in [3.8, 4) is 0 Å². The molecule has 16 heavy (non-hydrogen) atoms. The van der Waals surface area contributed by atoms with E-state index in [4.69, 9.17) is 22.1 Å². The fourth-order valence-electron chi connectivity index (χ4n) is 1.65. The smallest absolute Gasteiger partial charge is 0.112 e. The van der Waals surface area contributed by atoms with Gasteiger partial charge in [0, 0.05) is 13.1 Å². The molecule has 0 bridgehead atoms. The van der Waals surface area contributed by atoms with Crippen molar-refractivity contribution in [1.29, 1.82) is 0 Å². The summed E-state index contributed by atoms with van der Waals surface area (Å²) in [4.78, 5) is 0. The topological polar surface area (TPSA) is 47.9 Å². The number of hydrogen-bond acceptors (Lipinski definition) is 4. The van der Waals surface area contributed by atoms with Crippen LogP contribution in [0.25, 0.3) is 0 Å². The van der Waals surface area contributed by atoms with Gasteiger partial charge in [0.1, 0.15) is 20.1 Å². The van der Waals surface area contributed by atoms with E-state index in [0.717, 1.165) is 6.42 Å². The molecule has 0 spiro atoms. The lowest BCUT2D eigenvalue weighted by atomic mass is 9.92. The van der Waals surface area contributed by atoms with Crippen molar-refractivity contribution >= 4 is 7.85 Å². The van der Waals surface area contributed by atoms with Gasteiger partial charge in [-0.25, -0.2) is 0 Å². The van der Waals surface area contributed by atoms with Crippen molar-refractivity contribution in [2.75, 3.05) is 13.7 Å². The van der Waals surface area contributed by atoms with Crippen LogP contribution in [0.3, 0.4) is 0 Å². The lowest BCUT2D eigenvalue weighted by molar-refractivity contribution is -0.0981. The maximum Gasteiger partial charge on any atom is 0.112 e. The van der Waals surface area contributed by atoms with E-state index in [1.807, 2.05) is 20.8 Å². The SMILES string of the molecule is [B]C1OC(CC)C(O)C1OCC(C)(C)OC. The molecule has 4 unspecified atom stereocenters. The Kier molecular flexibility index (Phi) is 4.80. The second kappa shape index (κ2) is 5.49. The Morgan fingerprint density at radius 1 is 1.44 bits per heavy atom. The quantitative estimate of drug-likeness (QED) is 0.694. The summed E-state index contributed by atoms with van der Waals surface area (Å²) in [5, 5.41) is 9.92. The fraction of sp³-hybridized carbons (Fsp3) is 1.00. The third-order valence-electron chi connectivity index (χ3n) is 2.95. The maximum atomic E-state index is 9.92. The number of methoxy groups -OCH3 is 1. The highest BCUT2D eigenvalue weighted by atomic mass is 16.6. The molecule has 0 aromatic carbocycles. The molecule has 1 aliphatic heterocycles. The highest BCUT2D eigenvalue weighted by Crippen LogP contribution is 2.25. The minimum absolute atomic E-state index is 0.231. The second-order valence-electron chi connectivity index (χ2n) is 4.78. The first kappa shape index (κ1) is 14.0. The van der Waals surface area contributed by atoms with Crippen LogP contribution >= 0.6 is 0 Å². The van der Waals surface area contributed by atoms with Gasteiger partial charge in [-0.15, -0.1) is 0 Å². The van der Waals surface area contributed by atoms with Gasteiger partial charge in [-0.2, -0.15) is 0 Å². The third-order valence-corrected chi connectivity index (χ3v) is 2.95. The Bertz CT molecular complexity index is 222. The van der Waals surface area contributed by atoms with Crippen LogP contribution in [0.5, 0.6) is 0 Å². The van der Waals surface area contributed by atoms with Crippen molar-refractivity contribution < 1.29 is 19.3 Å². The van der Waals surface area contributed by atoms with Crippen LogP contribution in [0.2, 0.25) is 0 Å². The van der Waals surface area contributed by atoms with Crippen LogP contribution in [-0.2, 0) is 14.2 Å². The van der Waals surface area contributed by atoms with Crippen molar-refractivity contribution in [3.63, 3.8) is 0 Å². The average Bonchev–Trinajstić information content (AvgIpc) is 2.51. The van der Waals surface area contributed by atoms with E-state index in [1.165, 1.54) is 0 Å². The molecule has 1 aliphatic rings. The summed E-state index contributed by atoms with van der Waals surface area (Å²) in [6.07, 6.45) is -0.639. The molecule has 1 fully saturated rings. The van der Waals surface area contributed by atoms with E-state index in [2.05, 4.69) is 0 Å². The zero-order valence-corrected chi connectivity index (χ0v) is 10.5. The minimum atomic E-state index is -0.660. The molecule has 1 heterocycles. The Morgan fingerprint density at radius 3 is 2.50 bits per heavy atom. The zero-order valence-electron chi connectivity index (χ0n) is 10.5. The predicted molar refractivity (Wildman–Crippen MR) is 61.5 cm³/mol. The number of ether oxygens (including phenoxy) is 3. The summed E-state index contributed by atoms with van der Waals surface area (Å²) >= 11 is 0. The first-order valence-electron chi connectivity index (χ1n) is 5.67. The normalized spacial score (nSPS) is 35.6. The fourth-order valence-corrected chi connectivity index (χ4v) is 1.65. The number of aliphatic hydroxyl groups is 1. The first-order valence-corrected chi connectivity index (χ1v) is 5.67. The summed E-state index contributed by atoms with van der Waals surface area (Å²) in [7, 11) is 7.38. The Balaban J connectivity index is 2.48. The van der Waals surface area contributed by atoms with Crippen LogP contribution in [0.4, 0.5) is 0 Å². The van der Waals surface area contributed by atoms with Gasteiger partial charge in [0.05, 0.1) is 18.3 Å². The average molecular weight is 228 g/mol. The molecule has 5 heteroatoms. The van der Waals surface area contributed by atoms with E-state index in [-0.39, 0.29) is 11.7 Å². The Labute approximate surface area is 98.7 Å². The molecule has 1 rings (SSSR count). The molecule has 0 aromatic rings. The summed E-state index contributed by atoms with van der Waals surface area (Å²) in [5.74, 6) is 0. The highest BCUT2D eigenvalue weighted by Gasteiger charge is 2.41. The van der Waals surface area contributed by atoms with Crippen molar-refractivity contribution in [3.05, 3.63) is 0 Å². The first-order chi connectivity index (χ1) is 7.41. The molecule has 92 valence electrons. The summed E-state index contributed by atoms with van der Waals surface area (Å²) in [6, 6.07) is -0.562. The van der Waals surface area contributed by atoms with Crippen molar-refractivity contribution in [2.24, 2.45) is 0 Å². The maximum absolute atomic E-state index is 9.92. The molecular formula is C11H21BO4. The Hall–Kier alpha value is -0.0951. The lowest BCUT2D eigenvalue weighted by Gasteiger charge is -2.27. The van der Waals surface area contributed by atoms with E-state index < -0.39 is 18.2 Å². The van der Waals surface area contributed by atoms with Gasteiger partial charge in [-0.05, 0) is 20.3 Å². The van der Waals surface area contributed by atoms with Gasteiger partial charge in [-0.1, -0.05) is 6.92 Å². The van der Waals surface area contributed by atoms with Crippen molar-refractivity contribution in [2.45, 2.75) is 57.1 Å². The lowest BCUT2D eigenvalue weighted by Crippen LogP contribution is -2.40. The molecule has 0 aromatic heterocycles. The number of hydrogen-bond donors (Lipinski definition) is 1. The van der Waals surface area contributed by atoms with Gasteiger partial charge in [0.2, 0.25) is 0 Å². The summed E-state index contributed by atoms with van der Waals surface area (Å²) in [6.45, 7) is 6.15. The zero-order chi connectivity index (χ0) is 12.3. The van der Waals surface area contributed by atoms with Gasteiger partial charge in [-0.3, -0.25) is 0 Å². The van der Waals surface area contributed by atoms with Gasteiger partial charge >= 0.3 is 0 Å². The number of aliphatic hydroxyl groups excluding tert-OH is 1. The molecule has 4 nitrogen and oxygen atoms in total. The standard InChI is InChI=1S/C11H21BO4/c1-5-7-8(13)9(10(12)16-7)15-6-11(2,3)14-4/h7-10,13H,5-6H2,1-4H3. The van der Waals surface area contributed by atoms with Crippen LogP contribution in [0.1, 0.15) is 27.2 Å². The summed E-state index contributed by atoms with van der Waals surface area (Å²) in [5.41, 5.74) is -0.385. The van der Waals surface area contributed by atoms with Gasteiger partial charge in [0.25, 0.3) is 0 Å². The molecule has 1 N–H and O–H groups in total. The van der Waals surface area contributed by atoms with E-state index >= 15 is 0 Å². The molecular weight excluding hydrogens is 207 g/mol. The highest BCUT2D eigenvalue weighted by molar-refractivity contribution is 6.11. The molecule has 0 amide bonds. The van der Waals surface area contributed by atoms with Crippen molar-refractivity contribution in [1.82, 2.24) is 0 Å². The largest absolute Gasteiger partial charge is 0.388 e. The molecule has 0 aliphatic carbocycles. The van der Waals surface area contributed by atoms with Crippen LogP contribution < -0.4 is 0 Å². The second-order valence-corrected chi connectivity index (χ2v) is 4.78. The van der Waals surface area contributed by atoms with Crippen LogP contribution in [-0.4, -0.2) is 56.6 Å². The molecule has 2 radical (unpaired) electrons. The van der Waals surface area contributed by atoms with E-state index in [1.54, 1.807) is 7.11 Å². The van der Waals surface area contributed by atoms with E-state index in [9.17, 15) is 5.11 Å². The van der Waals surface area contributed by atoms with Crippen LogP contribution in [0, 0.1) is 0 Å². The monoisotopic (exact) mass is 228 g/mol. The van der Waals surface area contributed by atoms with E-state index in [0.29, 0.717) is 6.61 Å². The summed E-state index contributed by atoms with van der Waals surface area (Å²) < 4.78 is 16.2. The third kappa shape index (κ3) is 3.20. The Morgan fingerprint density at radius 2 is 2.06 bits per heavy atom. The van der Waals surface area contributed by atoms with Gasteiger partial charge < -0.3 is 19.3 Å².